The number of benzene rings is 2. The number of amides is 1. The van der Waals surface area contributed by atoms with Gasteiger partial charge in [0.1, 0.15) is 12.3 Å². The van der Waals surface area contributed by atoms with Gasteiger partial charge in [0.25, 0.3) is 5.91 Å². The fourth-order valence-corrected chi connectivity index (χ4v) is 4.10. The lowest BCUT2D eigenvalue weighted by Gasteiger charge is -2.25. The van der Waals surface area contributed by atoms with E-state index < -0.39 is 5.91 Å². The van der Waals surface area contributed by atoms with Crippen molar-refractivity contribution in [1.29, 1.82) is 0 Å². The van der Waals surface area contributed by atoms with Crippen molar-refractivity contribution < 1.29 is 23.6 Å². The van der Waals surface area contributed by atoms with Gasteiger partial charge in [-0.3, -0.25) is 9.69 Å². The van der Waals surface area contributed by atoms with Crippen LogP contribution in [0.5, 0.6) is 11.5 Å². The zero-order valence-electron chi connectivity index (χ0n) is 22.1. The molecule has 2 aromatic carbocycles. The van der Waals surface area contributed by atoms with Crippen LogP contribution < -0.4 is 20.6 Å². The molecule has 14 nitrogen and oxygen atoms in total. The summed E-state index contributed by atoms with van der Waals surface area (Å²) in [4.78, 5) is 15.5. The van der Waals surface area contributed by atoms with Crippen LogP contribution in [0.3, 0.4) is 0 Å². The molecule has 3 heterocycles. The lowest BCUT2D eigenvalue weighted by Crippen LogP contribution is -2.36. The molecule has 1 amide bonds. The highest BCUT2D eigenvalue weighted by atomic mass is 16.6. The normalized spacial score (nSPS) is 14.2. The van der Waals surface area contributed by atoms with Crippen molar-refractivity contribution in [2.75, 3.05) is 39.1 Å². The van der Waals surface area contributed by atoms with Crippen LogP contribution >= 0.6 is 0 Å². The summed E-state index contributed by atoms with van der Waals surface area (Å²) in [7, 11) is 1.57. The Morgan fingerprint density at radius 1 is 1.12 bits per heavy atom. The Balaban J connectivity index is 1.34. The summed E-state index contributed by atoms with van der Waals surface area (Å²) in [5.74, 6) is 0.609. The first-order chi connectivity index (χ1) is 19.5. The van der Waals surface area contributed by atoms with E-state index in [0.29, 0.717) is 62.4 Å². The summed E-state index contributed by atoms with van der Waals surface area (Å²) in [6.45, 7) is 5.14. The Kier molecular flexibility index (Phi) is 8.27. The number of nitrogens with zero attached hydrogens (tertiary/aromatic N) is 7. The largest absolute Gasteiger partial charge is 0.493 e. The van der Waals surface area contributed by atoms with E-state index in [1.807, 2.05) is 36.4 Å². The highest BCUT2D eigenvalue weighted by molar-refractivity contribution is 6.01. The molecule has 40 heavy (non-hydrogen) atoms. The Bertz CT molecular complexity index is 1480. The summed E-state index contributed by atoms with van der Waals surface area (Å²) in [6, 6.07) is 15.3. The van der Waals surface area contributed by atoms with Crippen molar-refractivity contribution in [2.45, 2.75) is 20.1 Å². The van der Waals surface area contributed by atoms with Gasteiger partial charge in [0.15, 0.2) is 17.2 Å². The molecule has 1 saturated heterocycles. The molecule has 1 aliphatic heterocycles. The summed E-state index contributed by atoms with van der Waals surface area (Å²) in [5, 5.41) is 20.0. The number of nitrogen functional groups attached to an aromatic ring is 1. The Hall–Kier alpha value is -4.82. The van der Waals surface area contributed by atoms with Gasteiger partial charge in [-0.05, 0) is 41.0 Å². The monoisotopic (exact) mass is 547 g/mol. The Morgan fingerprint density at radius 3 is 2.65 bits per heavy atom. The lowest BCUT2D eigenvalue weighted by atomic mass is 10.1. The number of anilines is 1. The number of ether oxygens (including phenoxy) is 3. The van der Waals surface area contributed by atoms with Crippen molar-refractivity contribution in [3.63, 3.8) is 0 Å². The third-order valence-corrected chi connectivity index (χ3v) is 6.27. The van der Waals surface area contributed by atoms with E-state index in [-0.39, 0.29) is 17.3 Å². The smallest absolute Gasteiger partial charge is 0.292 e. The summed E-state index contributed by atoms with van der Waals surface area (Å²) in [6.07, 6.45) is 0. The van der Waals surface area contributed by atoms with E-state index in [1.54, 1.807) is 26.2 Å². The van der Waals surface area contributed by atoms with Gasteiger partial charge in [-0.15, -0.1) is 5.10 Å². The number of hydrazone groups is 1. The van der Waals surface area contributed by atoms with Gasteiger partial charge >= 0.3 is 0 Å². The minimum Gasteiger partial charge on any atom is -0.493 e. The van der Waals surface area contributed by atoms with E-state index in [4.69, 9.17) is 24.6 Å². The molecule has 0 radical (unpaired) electrons. The molecule has 2 aromatic heterocycles. The molecule has 0 bridgehead atoms. The number of hydrogen-bond acceptors (Lipinski definition) is 12. The van der Waals surface area contributed by atoms with Crippen LogP contribution in [0.4, 0.5) is 5.82 Å². The molecule has 0 atom stereocenters. The average molecular weight is 548 g/mol. The van der Waals surface area contributed by atoms with Crippen molar-refractivity contribution in [3.05, 3.63) is 71.0 Å². The quantitative estimate of drug-likeness (QED) is 0.219. The minimum atomic E-state index is -0.551. The van der Waals surface area contributed by atoms with Crippen LogP contribution in [-0.4, -0.2) is 75.2 Å². The molecule has 0 unspecified atom stereocenters. The second-order valence-electron chi connectivity index (χ2n) is 8.94. The predicted molar refractivity (Wildman–Crippen MR) is 143 cm³/mol. The molecular formula is C26H29N9O5. The van der Waals surface area contributed by atoms with Crippen LogP contribution in [0, 0.1) is 0 Å². The van der Waals surface area contributed by atoms with Crippen LogP contribution in [0.1, 0.15) is 34.2 Å². The average Bonchev–Trinajstić information content (AvgIpc) is 3.61. The number of nitrogens with one attached hydrogen (secondary N) is 1. The molecule has 3 N–H and O–H groups in total. The van der Waals surface area contributed by atoms with Gasteiger partial charge in [-0.1, -0.05) is 35.5 Å². The maximum absolute atomic E-state index is 13.4. The van der Waals surface area contributed by atoms with Crippen molar-refractivity contribution >= 4 is 17.4 Å². The Morgan fingerprint density at radius 2 is 1.93 bits per heavy atom. The second kappa shape index (κ2) is 12.4. The molecule has 1 aliphatic rings. The standard InChI is InChI=1S/C26H29N9O5/c1-17(19-8-9-21(22(14-19)37-2)39-16-18-6-4-3-5-7-18)28-30-26(36)23-20(15-34-10-12-38-13-11-34)29-33-35(23)25-24(27)31-40-32-25/h3-9,14H,10-13,15-16H2,1-2H3,(H2,27,31)(H,30,36)/b28-17+. The van der Waals surface area contributed by atoms with Crippen LogP contribution in [0.15, 0.2) is 58.3 Å². The van der Waals surface area contributed by atoms with Crippen molar-refractivity contribution in [2.24, 2.45) is 5.10 Å². The van der Waals surface area contributed by atoms with Gasteiger partial charge < -0.3 is 19.9 Å². The summed E-state index contributed by atoms with van der Waals surface area (Å²) < 4.78 is 22.8. The number of rotatable bonds is 10. The van der Waals surface area contributed by atoms with Crippen LogP contribution in [0.25, 0.3) is 5.82 Å². The van der Waals surface area contributed by atoms with Gasteiger partial charge in [-0.25, -0.2) is 10.1 Å². The number of carbonyl (C=O) groups excluding carboxylic acids is 1. The molecule has 4 aromatic rings. The highest BCUT2D eigenvalue weighted by Crippen LogP contribution is 2.29. The maximum Gasteiger partial charge on any atom is 0.292 e. The van der Waals surface area contributed by atoms with Gasteiger partial charge in [-0.2, -0.15) is 9.78 Å². The number of hydrogen-bond donors (Lipinski definition) is 2. The number of morpholine rings is 1. The third-order valence-electron chi connectivity index (χ3n) is 6.27. The SMILES string of the molecule is COc1cc(/C(C)=N/NC(=O)c2c(CN3CCOCC3)nnn2-c2nonc2N)ccc1OCc1ccccc1. The van der Waals surface area contributed by atoms with Crippen LogP contribution in [0.2, 0.25) is 0 Å². The van der Waals surface area contributed by atoms with E-state index >= 15 is 0 Å². The van der Waals surface area contributed by atoms with Gasteiger partial charge in [0.2, 0.25) is 11.6 Å². The van der Waals surface area contributed by atoms with Crippen molar-refractivity contribution in [1.82, 2.24) is 35.6 Å². The molecular weight excluding hydrogens is 518 g/mol. The fourth-order valence-electron chi connectivity index (χ4n) is 4.10. The van der Waals surface area contributed by atoms with Gasteiger partial charge in [0.05, 0.1) is 26.0 Å². The molecule has 0 aliphatic carbocycles. The second-order valence-corrected chi connectivity index (χ2v) is 8.94. The van der Waals surface area contributed by atoms with E-state index in [1.165, 1.54) is 4.68 Å². The lowest BCUT2D eigenvalue weighted by molar-refractivity contribution is 0.0335. The van der Waals surface area contributed by atoms with E-state index in [0.717, 1.165) is 11.1 Å². The number of methoxy groups -OCH3 is 1. The maximum atomic E-state index is 13.4. The minimum absolute atomic E-state index is 0.0294. The molecule has 0 saturated carbocycles. The predicted octanol–water partition coefficient (Wildman–Crippen LogP) is 1.81. The Labute approximate surface area is 229 Å². The molecule has 14 heteroatoms. The first-order valence-corrected chi connectivity index (χ1v) is 12.6. The van der Waals surface area contributed by atoms with Crippen molar-refractivity contribution in [3.8, 4) is 17.3 Å². The summed E-state index contributed by atoms with van der Waals surface area (Å²) >= 11 is 0. The molecule has 1 fully saturated rings. The summed E-state index contributed by atoms with van der Waals surface area (Å²) in [5.41, 5.74) is 11.3. The van der Waals surface area contributed by atoms with Crippen LogP contribution in [-0.2, 0) is 17.9 Å². The third kappa shape index (κ3) is 6.08. The first-order valence-electron chi connectivity index (χ1n) is 12.6. The number of aromatic nitrogens is 5. The highest BCUT2D eigenvalue weighted by Gasteiger charge is 2.27. The zero-order valence-corrected chi connectivity index (χ0v) is 22.1. The molecule has 0 spiro atoms. The fraction of sp³-hybridized carbons (Fsp3) is 0.308. The zero-order chi connectivity index (χ0) is 27.9. The first kappa shape index (κ1) is 26.8. The molecule has 208 valence electrons. The van der Waals surface area contributed by atoms with E-state index in [9.17, 15) is 4.79 Å². The number of carbonyl (C=O) groups is 1. The topological polar surface area (TPSA) is 168 Å². The van der Waals surface area contributed by atoms with Gasteiger partial charge in [0, 0.05) is 25.2 Å². The number of nitrogens with two attached hydrogens (primary N) is 1. The molecule has 5 rings (SSSR count). The van der Waals surface area contributed by atoms with E-state index in [2.05, 4.69) is 36.1 Å².